The lowest BCUT2D eigenvalue weighted by Gasteiger charge is -2.10. The smallest absolute Gasteiger partial charge is 0.128 e. The summed E-state index contributed by atoms with van der Waals surface area (Å²) in [4.78, 5) is 4.56. The van der Waals surface area contributed by atoms with Crippen LogP contribution in [0.4, 0.5) is 5.69 Å². The molecule has 0 unspecified atom stereocenters. The van der Waals surface area contributed by atoms with Crippen molar-refractivity contribution >= 4 is 35.1 Å². The highest BCUT2D eigenvalue weighted by atomic mass is 35.5. The van der Waals surface area contributed by atoms with E-state index >= 15 is 0 Å². The zero-order valence-corrected chi connectivity index (χ0v) is 15.3. The quantitative estimate of drug-likeness (QED) is 0.462. The topological polar surface area (TPSA) is 21.6 Å². The molecule has 3 aromatic carbocycles. The van der Waals surface area contributed by atoms with Crippen molar-refractivity contribution < 1.29 is 4.74 Å². The average Bonchev–Trinajstić information content (AvgIpc) is 2.61. The van der Waals surface area contributed by atoms with Crippen LogP contribution in [0.1, 0.15) is 16.7 Å². The largest absolute Gasteiger partial charge is 0.488 e. The molecule has 0 fully saturated rings. The van der Waals surface area contributed by atoms with Gasteiger partial charge in [-0.2, -0.15) is 0 Å². The number of aryl methyl sites for hydroxylation is 1. The number of para-hydroxylation sites is 1. The number of ether oxygens (including phenoxy) is 1. The summed E-state index contributed by atoms with van der Waals surface area (Å²) in [7, 11) is 0. The molecular formula is C21H17Cl2NO. The fraction of sp³-hybridized carbons (Fsp3) is 0.0952. The number of halogens is 2. The van der Waals surface area contributed by atoms with E-state index in [0.717, 1.165) is 22.4 Å². The molecule has 0 aromatic heterocycles. The van der Waals surface area contributed by atoms with Gasteiger partial charge in [0.05, 0.1) is 5.69 Å². The van der Waals surface area contributed by atoms with Crippen molar-refractivity contribution in [2.75, 3.05) is 0 Å². The SMILES string of the molecule is Cc1ccccc1N=Cc1cc(Cl)ccc1OCc1ccccc1Cl. The van der Waals surface area contributed by atoms with Crippen LogP contribution < -0.4 is 4.74 Å². The Morgan fingerprint density at radius 3 is 2.52 bits per heavy atom. The Morgan fingerprint density at radius 2 is 1.72 bits per heavy atom. The summed E-state index contributed by atoms with van der Waals surface area (Å²) < 4.78 is 5.94. The van der Waals surface area contributed by atoms with Gasteiger partial charge in [0.25, 0.3) is 0 Å². The molecule has 0 aliphatic heterocycles. The van der Waals surface area contributed by atoms with Gasteiger partial charge in [-0.15, -0.1) is 0 Å². The van der Waals surface area contributed by atoms with Gasteiger partial charge in [-0.1, -0.05) is 59.6 Å². The molecule has 4 heteroatoms. The Labute approximate surface area is 157 Å². The van der Waals surface area contributed by atoms with E-state index in [0.29, 0.717) is 22.4 Å². The molecule has 3 rings (SSSR count). The van der Waals surface area contributed by atoms with E-state index in [9.17, 15) is 0 Å². The van der Waals surface area contributed by atoms with Gasteiger partial charge in [0, 0.05) is 27.4 Å². The summed E-state index contributed by atoms with van der Waals surface area (Å²) in [6.07, 6.45) is 1.77. The number of benzene rings is 3. The van der Waals surface area contributed by atoms with Crippen LogP contribution >= 0.6 is 23.2 Å². The van der Waals surface area contributed by atoms with Crippen LogP contribution in [0.3, 0.4) is 0 Å². The second-order valence-corrected chi connectivity index (χ2v) is 6.45. The van der Waals surface area contributed by atoms with Gasteiger partial charge >= 0.3 is 0 Å². The summed E-state index contributed by atoms with van der Waals surface area (Å²) in [5.74, 6) is 0.710. The highest BCUT2D eigenvalue weighted by Crippen LogP contribution is 2.25. The molecule has 0 spiro atoms. The van der Waals surface area contributed by atoms with Crippen molar-refractivity contribution in [3.8, 4) is 5.75 Å². The van der Waals surface area contributed by atoms with Crippen LogP contribution in [0, 0.1) is 6.92 Å². The number of nitrogens with zero attached hydrogens (tertiary/aromatic N) is 1. The molecule has 0 N–H and O–H groups in total. The first-order valence-corrected chi connectivity index (χ1v) is 8.64. The monoisotopic (exact) mass is 369 g/mol. The zero-order chi connectivity index (χ0) is 17.6. The van der Waals surface area contributed by atoms with E-state index in [4.69, 9.17) is 27.9 Å². The van der Waals surface area contributed by atoms with Crippen molar-refractivity contribution in [2.24, 2.45) is 4.99 Å². The molecule has 0 amide bonds. The lowest BCUT2D eigenvalue weighted by atomic mass is 10.2. The fourth-order valence-electron chi connectivity index (χ4n) is 2.37. The van der Waals surface area contributed by atoms with Crippen LogP contribution in [0.15, 0.2) is 71.7 Å². The highest BCUT2D eigenvalue weighted by molar-refractivity contribution is 6.31. The van der Waals surface area contributed by atoms with Crippen LogP contribution in [-0.2, 0) is 6.61 Å². The van der Waals surface area contributed by atoms with Gasteiger partial charge in [0.15, 0.2) is 0 Å². The van der Waals surface area contributed by atoms with Gasteiger partial charge in [0.2, 0.25) is 0 Å². The van der Waals surface area contributed by atoms with E-state index < -0.39 is 0 Å². The third-order valence-electron chi connectivity index (χ3n) is 3.77. The van der Waals surface area contributed by atoms with Crippen LogP contribution in [0.2, 0.25) is 10.0 Å². The van der Waals surface area contributed by atoms with E-state index in [1.165, 1.54) is 0 Å². The first-order chi connectivity index (χ1) is 12.1. The Kier molecular flexibility index (Phi) is 5.75. The normalized spacial score (nSPS) is 11.0. The van der Waals surface area contributed by atoms with Crippen molar-refractivity contribution in [3.05, 3.63) is 93.5 Å². The number of rotatable bonds is 5. The van der Waals surface area contributed by atoms with Crippen molar-refractivity contribution in [1.29, 1.82) is 0 Å². The summed E-state index contributed by atoms with van der Waals surface area (Å²) in [6.45, 7) is 2.41. The van der Waals surface area contributed by atoms with Crippen molar-refractivity contribution in [3.63, 3.8) is 0 Å². The molecule has 0 heterocycles. The minimum Gasteiger partial charge on any atom is -0.488 e. The summed E-state index contributed by atoms with van der Waals surface area (Å²) in [6, 6.07) is 21.1. The predicted octanol–water partition coefficient (Wildman–Crippen LogP) is 6.63. The Balaban J connectivity index is 1.83. The number of aliphatic imine (C=N–C) groups is 1. The number of hydrogen-bond acceptors (Lipinski definition) is 2. The summed E-state index contributed by atoms with van der Waals surface area (Å²) >= 11 is 12.3. The third-order valence-corrected chi connectivity index (χ3v) is 4.37. The molecule has 0 bridgehead atoms. The molecule has 0 saturated carbocycles. The predicted molar refractivity (Wildman–Crippen MR) is 106 cm³/mol. The maximum absolute atomic E-state index is 6.19. The van der Waals surface area contributed by atoms with E-state index in [1.54, 1.807) is 12.3 Å². The first-order valence-electron chi connectivity index (χ1n) is 7.89. The number of hydrogen-bond donors (Lipinski definition) is 0. The third kappa shape index (κ3) is 4.62. The molecule has 25 heavy (non-hydrogen) atoms. The van der Waals surface area contributed by atoms with E-state index in [2.05, 4.69) is 4.99 Å². The molecule has 3 aromatic rings. The lowest BCUT2D eigenvalue weighted by molar-refractivity contribution is 0.306. The standard InChI is InChI=1S/C21H17Cl2NO/c1-15-6-2-5-9-20(15)24-13-17-12-18(22)10-11-21(17)25-14-16-7-3-4-8-19(16)23/h2-13H,14H2,1H3. The second kappa shape index (κ2) is 8.19. The van der Waals surface area contributed by atoms with Gasteiger partial charge in [-0.05, 0) is 42.8 Å². The Hall–Kier alpha value is -2.29. The summed E-state index contributed by atoms with van der Waals surface area (Å²) in [5, 5.41) is 1.32. The summed E-state index contributed by atoms with van der Waals surface area (Å²) in [5.41, 5.74) is 3.78. The van der Waals surface area contributed by atoms with Crippen molar-refractivity contribution in [2.45, 2.75) is 13.5 Å². The van der Waals surface area contributed by atoms with Gasteiger partial charge < -0.3 is 4.74 Å². The molecule has 0 atom stereocenters. The van der Waals surface area contributed by atoms with Gasteiger partial charge in [-0.25, -0.2) is 0 Å². The van der Waals surface area contributed by atoms with Gasteiger partial charge in [0.1, 0.15) is 12.4 Å². The molecule has 0 radical (unpaired) electrons. The molecule has 0 aliphatic carbocycles. The maximum Gasteiger partial charge on any atom is 0.128 e. The van der Waals surface area contributed by atoms with E-state index in [1.807, 2.05) is 67.6 Å². The lowest BCUT2D eigenvalue weighted by Crippen LogP contribution is -1.99. The maximum atomic E-state index is 6.19. The fourth-order valence-corrected chi connectivity index (χ4v) is 2.74. The molecule has 126 valence electrons. The Morgan fingerprint density at radius 1 is 0.960 bits per heavy atom. The minimum absolute atomic E-state index is 0.381. The second-order valence-electron chi connectivity index (χ2n) is 5.61. The molecular weight excluding hydrogens is 353 g/mol. The van der Waals surface area contributed by atoms with E-state index in [-0.39, 0.29) is 0 Å². The average molecular weight is 370 g/mol. The zero-order valence-electron chi connectivity index (χ0n) is 13.7. The Bertz CT molecular complexity index is 906. The highest BCUT2D eigenvalue weighted by Gasteiger charge is 2.06. The first kappa shape index (κ1) is 17.5. The minimum atomic E-state index is 0.381. The molecule has 0 aliphatic rings. The molecule has 0 saturated heterocycles. The van der Waals surface area contributed by atoms with Gasteiger partial charge in [-0.3, -0.25) is 4.99 Å². The van der Waals surface area contributed by atoms with Crippen LogP contribution in [0.25, 0.3) is 0 Å². The van der Waals surface area contributed by atoms with Crippen LogP contribution in [-0.4, -0.2) is 6.21 Å². The van der Waals surface area contributed by atoms with Crippen LogP contribution in [0.5, 0.6) is 5.75 Å². The van der Waals surface area contributed by atoms with Crippen molar-refractivity contribution in [1.82, 2.24) is 0 Å². The molecule has 2 nitrogen and oxygen atoms in total.